The van der Waals surface area contributed by atoms with E-state index in [1.165, 1.54) is 6.20 Å². The Hall–Kier alpha value is -1.99. The van der Waals surface area contributed by atoms with Crippen molar-refractivity contribution in [1.29, 1.82) is 0 Å². The summed E-state index contributed by atoms with van der Waals surface area (Å²) >= 11 is 0. The van der Waals surface area contributed by atoms with Crippen molar-refractivity contribution in [1.82, 2.24) is 10.3 Å². The fourth-order valence-electron chi connectivity index (χ4n) is 1.74. The van der Waals surface area contributed by atoms with Crippen LogP contribution in [0, 0.1) is 0 Å². The molecule has 1 aromatic carbocycles. The number of hydrogen-bond donors (Lipinski definition) is 3. The zero-order valence-electron chi connectivity index (χ0n) is 11.3. The molecule has 0 radical (unpaired) electrons. The van der Waals surface area contributed by atoms with Gasteiger partial charge in [-0.2, -0.15) is 0 Å². The van der Waals surface area contributed by atoms with Gasteiger partial charge in [0, 0.05) is 24.1 Å². The summed E-state index contributed by atoms with van der Waals surface area (Å²) in [6, 6.07) is 8.29. The molecular formula is C13H17N3O3S. The summed E-state index contributed by atoms with van der Waals surface area (Å²) in [6.07, 6.45) is 1.47. The van der Waals surface area contributed by atoms with Crippen LogP contribution in [-0.4, -0.2) is 27.6 Å². The van der Waals surface area contributed by atoms with Gasteiger partial charge in [-0.1, -0.05) is 0 Å². The Morgan fingerprint density at radius 2 is 1.95 bits per heavy atom. The summed E-state index contributed by atoms with van der Waals surface area (Å²) in [5.41, 5.74) is 1.30. The first kappa shape index (κ1) is 14.4. The van der Waals surface area contributed by atoms with E-state index >= 15 is 0 Å². The van der Waals surface area contributed by atoms with E-state index in [2.05, 4.69) is 15.0 Å². The van der Waals surface area contributed by atoms with Gasteiger partial charge >= 0.3 is 0 Å². The van der Waals surface area contributed by atoms with Gasteiger partial charge in [0.2, 0.25) is 0 Å². The quantitative estimate of drug-likeness (QED) is 0.755. The second kappa shape index (κ2) is 5.98. The van der Waals surface area contributed by atoms with Crippen LogP contribution in [0.2, 0.25) is 0 Å². The minimum absolute atomic E-state index is 0.207. The molecule has 108 valence electrons. The summed E-state index contributed by atoms with van der Waals surface area (Å²) < 4.78 is 31.9. The van der Waals surface area contributed by atoms with Crippen LogP contribution in [0.15, 0.2) is 41.4 Å². The number of anilines is 1. The third kappa shape index (κ3) is 3.31. The van der Waals surface area contributed by atoms with Gasteiger partial charge in [-0.05, 0) is 37.4 Å². The molecule has 0 saturated heterocycles. The number of aromatic nitrogens is 1. The molecular weight excluding hydrogens is 278 g/mol. The number of ether oxygens (including phenoxy) is 1. The molecule has 20 heavy (non-hydrogen) atoms. The Kier molecular flexibility index (Phi) is 4.31. The lowest BCUT2D eigenvalue weighted by atomic mass is 10.3. The van der Waals surface area contributed by atoms with Gasteiger partial charge in [0.05, 0.1) is 7.11 Å². The van der Waals surface area contributed by atoms with Crippen molar-refractivity contribution in [2.45, 2.75) is 11.4 Å². The maximum Gasteiger partial charge on any atom is 0.263 e. The molecule has 0 saturated carbocycles. The standard InChI is InChI=1S/C13H17N3O3S/c1-14-8-11-7-13(9-15-11)20(17,18)16-10-3-5-12(19-2)6-4-10/h3-7,9,14-16H,8H2,1-2H3. The zero-order valence-corrected chi connectivity index (χ0v) is 12.1. The fourth-order valence-corrected chi connectivity index (χ4v) is 2.82. The van der Waals surface area contributed by atoms with Crippen molar-refractivity contribution in [3.8, 4) is 5.75 Å². The Labute approximate surface area is 118 Å². The van der Waals surface area contributed by atoms with Gasteiger partial charge in [0.15, 0.2) is 0 Å². The number of methoxy groups -OCH3 is 1. The van der Waals surface area contributed by atoms with Crippen molar-refractivity contribution in [2.24, 2.45) is 0 Å². The SMILES string of the molecule is CNCc1cc(S(=O)(=O)Nc2ccc(OC)cc2)c[nH]1. The highest BCUT2D eigenvalue weighted by atomic mass is 32.2. The lowest BCUT2D eigenvalue weighted by molar-refractivity contribution is 0.415. The average molecular weight is 295 g/mol. The number of benzene rings is 1. The second-order valence-corrected chi connectivity index (χ2v) is 5.91. The fraction of sp³-hybridized carbons (Fsp3) is 0.231. The molecule has 7 heteroatoms. The molecule has 0 spiro atoms. The van der Waals surface area contributed by atoms with Crippen LogP contribution in [0.3, 0.4) is 0 Å². The smallest absolute Gasteiger partial charge is 0.263 e. The van der Waals surface area contributed by atoms with E-state index < -0.39 is 10.0 Å². The predicted octanol–water partition coefficient (Wildman–Crippen LogP) is 1.54. The van der Waals surface area contributed by atoms with E-state index in [9.17, 15) is 8.42 Å². The third-order valence-electron chi connectivity index (χ3n) is 2.74. The molecule has 0 unspecified atom stereocenters. The molecule has 0 aliphatic heterocycles. The Balaban J connectivity index is 2.16. The topological polar surface area (TPSA) is 83.2 Å². The third-order valence-corrected chi connectivity index (χ3v) is 4.10. The highest BCUT2D eigenvalue weighted by Gasteiger charge is 2.16. The molecule has 3 N–H and O–H groups in total. The molecule has 0 aliphatic rings. The number of hydrogen-bond acceptors (Lipinski definition) is 4. The van der Waals surface area contributed by atoms with Crippen molar-refractivity contribution in [2.75, 3.05) is 18.9 Å². The molecule has 0 amide bonds. The summed E-state index contributed by atoms with van der Waals surface area (Å²) in [7, 11) is -0.226. The number of H-pyrrole nitrogens is 1. The van der Waals surface area contributed by atoms with E-state index in [1.807, 2.05) is 0 Å². The van der Waals surface area contributed by atoms with Crippen LogP contribution in [0.1, 0.15) is 5.69 Å². The molecule has 0 bridgehead atoms. The number of sulfonamides is 1. The van der Waals surface area contributed by atoms with Crippen LogP contribution >= 0.6 is 0 Å². The normalized spacial score (nSPS) is 11.3. The predicted molar refractivity (Wildman–Crippen MR) is 77.4 cm³/mol. The molecule has 0 aliphatic carbocycles. The van der Waals surface area contributed by atoms with Crippen molar-refractivity contribution < 1.29 is 13.2 Å². The van der Waals surface area contributed by atoms with Crippen LogP contribution in [0.4, 0.5) is 5.69 Å². The molecule has 2 rings (SSSR count). The first-order valence-electron chi connectivity index (χ1n) is 6.04. The lowest BCUT2D eigenvalue weighted by Gasteiger charge is -2.07. The van der Waals surface area contributed by atoms with Gasteiger partial charge in [-0.15, -0.1) is 0 Å². The first-order valence-corrected chi connectivity index (χ1v) is 7.52. The van der Waals surface area contributed by atoms with Crippen molar-refractivity contribution in [3.05, 3.63) is 42.2 Å². The first-order chi connectivity index (χ1) is 9.55. The zero-order chi connectivity index (χ0) is 14.6. The highest BCUT2D eigenvalue weighted by Crippen LogP contribution is 2.19. The Morgan fingerprint density at radius 3 is 2.55 bits per heavy atom. The molecule has 0 fully saturated rings. The van der Waals surface area contributed by atoms with Crippen LogP contribution in [-0.2, 0) is 16.6 Å². The van der Waals surface area contributed by atoms with Crippen LogP contribution < -0.4 is 14.8 Å². The highest BCUT2D eigenvalue weighted by molar-refractivity contribution is 7.92. The van der Waals surface area contributed by atoms with E-state index in [0.717, 1.165) is 5.69 Å². The molecule has 2 aromatic rings. The number of rotatable bonds is 6. The maximum atomic E-state index is 12.2. The van der Waals surface area contributed by atoms with Crippen LogP contribution in [0.25, 0.3) is 0 Å². The van der Waals surface area contributed by atoms with E-state index in [1.54, 1.807) is 44.5 Å². The van der Waals surface area contributed by atoms with Gasteiger partial charge in [-0.3, -0.25) is 4.72 Å². The molecule has 0 atom stereocenters. The number of aromatic amines is 1. The van der Waals surface area contributed by atoms with E-state index in [0.29, 0.717) is 18.0 Å². The van der Waals surface area contributed by atoms with E-state index in [-0.39, 0.29) is 4.90 Å². The van der Waals surface area contributed by atoms with Gasteiger partial charge in [-0.25, -0.2) is 8.42 Å². The second-order valence-electron chi connectivity index (χ2n) is 4.22. The Morgan fingerprint density at radius 1 is 1.25 bits per heavy atom. The molecule has 1 aromatic heterocycles. The summed E-state index contributed by atoms with van der Waals surface area (Å²) in [4.78, 5) is 3.12. The van der Waals surface area contributed by atoms with E-state index in [4.69, 9.17) is 4.74 Å². The Bertz CT molecular complexity index is 662. The van der Waals surface area contributed by atoms with Crippen molar-refractivity contribution >= 4 is 15.7 Å². The molecule has 1 heterocycles. The maximum absolute atomic E-state index is 12.2. The van der Waals surface area contributed by atoms with Gasteiger partial charge < -0.3 is 15.0 Å². The largest absolute Gasteiger partial charge is 0.497 e. The summed E-state index contributed by atoms with van der Waals surface area (Å²) in [5.74, 6) is 0.672. The summed E-state index contributed by atoms with van der Waals surface area (Å²) in [5, 5.41) is 2.95. The van der Waals surface area contributed by atoms with Crippen LogP contribution in [0.5, 0.6) is 5.75 Å². The minimum atomic E-state index is -3.58. The van der Waals surface area contributed by atoms with Gasteiger partial charge in [0.1, 0.15) is 10.6 Å². The minimum Gasteiger partial charge on any atom is -0.497 e. The summed E-state index contributed by atoms with van der Waals surface area (Å²) in [6.45, 7) is 0.581. The molecule has 6 nitrogen and oxygen atoms in total. The van der Waals surface area contributed by atoms with Gasteiger partial charge in [0.25, 0.3) is 10.0 Å². The van der Waals surface area contributed by atoms with Crippen molar-refractivity contribution in [3.63, 3.8) is 0 Å². The number of nitrogens with one attached hydrogen (secondary N) is 3. The lowest BCUT2D eigenvalue weighted by Crippen LogP contribution is -2.12. The average Bonchev–Trinajstić information content (AvgIpc) is 2.89. The monoisotopic (exact) mass is 295 g/mol.